The fourth-order valence-corrected chi connectivity index (χ4v) is 4.14. The lowest BCUT2D eigenvalue weighted by Crippen LogP contribution is -2.63. The average molecular weight is 399 g/mol. The number of piperazine rings is 1. The summed E-state index contributed by atoms with van der Waals surface area (Å²) in [4.78, 5) is 31.1. The number of carbonyl (C=O) groups is 2. The van der Waals surface area contributed by atoms with Gasteiger partial charge in [-0.2, -0.15) is 0 Å². The van der Waals surface area contributed by atoms with Crippen molar-refractivity contribution in [1.29, 1.82) is 0 Å². The fourth-order valence-electron chi connectivity index (χ4n) is 3.89. The SMILES string of the molecule is Cc1ccccc1N1C(=O)CC(N2CCN(c3ccccc3Cl)CC2)NC1=O. The van der Waals surface area contributed by atoms with Crippen LogP contribution in [-0.4, -0.2) is 49.2 Å². The van der Waals surface area contributed by atoms with Crippen LogP contribution in [0.5, 0.6) is 0 Å². The molecule has 2 aromatic carbocycles. The molecule has 3 amide bonds. The van der Waals surface area contributed by atoms with E-state index in [-0.39, 0.29) is 24.5 Å². The maximum Gasteiger partial charge on any atom is 0.330 e. The molecule has 2 aliphatic heterocycles. The Balaban J connectivity index is 1.41. The highest BCUT2D eigenvalue weighted by Crippen LogP contribution is 2.28. The number of halogens is 1. The molecular formula is C21H23ClN4O2. The van der Waals surface area contributed by atoms with E-state index in [0.29, 0.717) is 5.69 Å². The second kappa shape index (κ2) is 7.81. The Bertz CT molecular complexity index is 877. The van der Waals surface area contributed by atoms with Crippen molar-refractivity contribution < 1.29 is 9.59 Å². The third kappa shape index (κ3) is 3.57. The van der Waals surface area contributed by atoms with E-state index in [2.05, 4.69) is 15.1 Å². The summed E-state index contributed by atoms with van der Waals surface area (Å²) in [5.74, 6) is -0.170. The summed E-state index contributed by atoms with van der Waals surface area (Å²) in [6, 6.07) is 14.9. The van der Waals surface area contributed by atoms with Gasteiger partial charge in [-0.3, -0.25) is 9.69 Å². The van der Waals surface area contributed by atoms with Crippen LogP contribution < -0.4 is 15.1 Å². The van der Waals surface area contributed by atoms with E-state index in [4.69, 9.17) is 11.6 Å². The number of urea groups is 1. The van der Waals surface area contributed by atoms with Crippen molar-refractivity contribution in [3.05, 3.63) is 59.1 Å². The number of para-hydroxylation sites is 2. The van der Waals surface area contributed by atoms with Crippen LogP contribution in [0, 0.1) is 6.92 Å². The van der Waals surface area contributed by atoms with E-state index < -0.39 is 0 Å². The van der Waals surface area contributed by atoms with Crippen LogP contribution in [0.15, 0.2) is 48.5 Å². The molecule has 6 nitrogen and oxygen atoms in total. The molecule has 2 aromatic rings. The first kappa shape index (κ1) is 18.8. The monoisotopic (exact) mass is 398 g/mol. The molecule has 0 radical (unpaired) electrons. The summed E-state index contributed by atoms with van der Waals surface area (Å²) >= 11 is 6.31. The molecular weight excluding hydrogens is 376 g/mol. The molecule has 0 bridgehead atoms. The fraction of sp³-hybridized carbons (Fsp3) is 0.333. The van der Waals surface area contributed by atoms with E-state index in [9.17, 15) is 9.59 Å². The van der Waals surface area contributed by atoms with E-state index in [0.717, 1.165) is 42.5 Å². The van der Waals surface area contributed by atoms with Gasteiger partial charge in [0.1, 0.15) is 0 Å². The number of amides is 3. The van der Waals surface area contributed by atoms with Crippen LogP contribution in [-0.2, 0) is 4.79 Å². The van der Waals surface area contributed by atoms with Gasteiger partial charge < -0.3 is 10.2 Å². The highest BCUT2D eigenvalue weighted by molar-refractivity contribution is 6.33. The van der Waals surface area contributed by atoms with E-state index >= 15 is 0 Å². The van der Waals surface area contributed by atoms with E-state index in [1.54, 1.807) is 6.07 Å². The van der Waals surface area contributed by atoms with Crippen molar-refractivity contribution in [2.45, 2.75) is 19.5 Å². The Morgan fingerprint density at radius 2 is 1.57 bits per heavy atom. The normalized spacial score (nSPS) is 21.0. The lowest BCUT2D eigenvalue weighted by molar-refractivity contribution is -0.120. The van der Waals surface area contributed by atoms with Crippen molar-refractivity contribution in [2.24, 2.45) is 0 Å². The molecule has 0 saturated carbocycles. The smallest absolute Gasteiger partial charge is 0.330 e. The maximum absolute atomic E-state index is 12.8. The Labute approximate surface area is 169 Å². The first-order valence-corrected chi connectivity index (χ1v) is 9.85. The van der Waals surface area contributed by atoms with Gasteiger partial charge in [0, 0.05) is 26.2 Å². The predicted molar refractivity (Wildman–Crippen MR) is 111 cm³/mol. The number of anilines is 2. The first-order valence-electron chi connectivity index (χ1n) is 9.47. The Morgan fingerprint density at radius 1 is 0.929 bits per heavy atom. The number of carbonyl (C=O) groups excluding carboxylic acids is 2. The number of hydrogen-bond acceptors (Lipinski definition) is 4. The second-order valence-corrected chi connectivity index (χ2v) is 7.57. The number of rotatable bonds is 3. The summed E-state index contributed by atoms with van der Waals surface area (Å²) in [6.07, 6.45) is 0.000252. The first-order chi connectivity index (χ1) is 13.5. The van der Waals surface area contributed by atoms with Crippen molar-refractivity contribution >= 4 is 34.9 Å². The van der Waals surface area contributed by atoms with Crippen LogP contribution in [0.1, 0.15) is 12.0 Å². The zero-order valence-corrected chi connectivity index (χ0v) is 16.5. The number of aryl methyl sites for hydroxylation is 1. The molecule has 28 heavy (non-hydrogen) atoms. The molecule has 7 heteroatoms. The van der Waals surface area contributed by atoms with E-state index in [1.165, 1.54) is 4.90 Å². The van der Waals surface area contributed by atoms with Gasteiger partial charge in [-0.05, 0) is 30.7 Å². The number of benzene rings is 2. The minimum atomic E-state index is -0.357. The third-order valence-electron chi connectivity index (χ3n) is 5.42. The maximum atomic E-state index is 12.8. The van der Waals surface area contributed by atoms with Gasteiger partial charge in [-0.25, -0.2) is 9.69 Å². The van der Waals surface area contributed by atoms with Crippen molar-refractivity contribution in [3.63, 3.8) is 0 Å². The molecule has 2 saturated heterocycles. The van der Waals surface area contributed by atoms with Gasteiger partial charge in [0.25, 0.3) is 0 Å². The number of nitrogens with one attached hydrogen (secondary N) is 1. The van der Waals surface area contributed by atoms with Gasteiger partial charge in [-0.1, -0.05) is 41.9 Å². The summed E-state index contributed by atoms with van der Waals surface area (Å²) in [5.41, 5.74) is 2.57. The summed E-state index contributed by atoms with van der Waals surface area (Å²) in [6.45, 7) is 5.01. The van der Waals surface area contributed by atoms with Gasteiger partial charge in [0.2, 0.25) is 5.91 Å². The van der Waals surface area contributed by atoms with Gasteiger partial charge in [0.05, 0.1) is 29.0 Å². The summed E-state index contributed by atoms with van der Waals surface area (Å²) in [7, 11) is 0. The molecule has 4 rings (SSSR count). The lowest BCUT2D eigenvalue weighted by Gasteiger charge is -2.43. The molecule has 1 atom stereocenters. The minimum absolute atomic E-state index is 0.170. The lowest BCUT2D eigenvalue weighted by atomic mass is 10.1. The highest BCUT2D eigenvalue weighted by atomic mass is 35.5. The van der Waals surface area contributed by atoms with Crippen LogP contribution in [0.2, 0.25) is 5.02 Å². The van der Waals surface area contributed by atoms with Gasteiger partial charge in [0.15, 0.2) is 0 Å². The number of hydrogen-bond donors (Lipinski definition) is 1. The molecule has 2 fully saturated rings. The Morgan fingerprint density at radius 3 is 2.21 bits per heavy atom. The molecule has 0 spiro atoms. The molecule has 146 valence electrons. The van der Waals surface area contributed by atoms with Crippen molar-refractivity contribution in [2.75, 3.05) is 36.0 Å². The van der Waals surface area contributed by atoms with E-state index in [1.807, 2.05) is 49.4 Å². The van der Waals surface area contributed by atoms with Crippen LogP contribution in [0.3, 0.4) is 0 Å². The summed E-state index contributed by atoms with van der Waals surface area (Å²) < 4.78 is 0. The van der Waals surface area contributed by atoms with Crippen LogP contribution in [0.25, 0.3) is 0 Å². The highest BCUT2D eigenvalue weighted by Gasteiger charge is 2.37. The molecule has 1 unspecified atom stereocenters. The van der Waals surface area contributed by atoms with Crippen molar-refractivity contribution in [1.82, 2.24) is 10.2 Å². The Kier molecular flexibility index (Phi) is 5.24. The molecule has 0 aliphatic carbocycles. The minimum Gasteiger partial charge on any atom is -0.368 e. The second-order valence-electron chi connectivity index (χ2n) is 7.16. The Hall–Kier alpha value is -2.57. The predicted octanol–water partition coefficient (Wildman–Crippen LogP) is 3.24. The van der Waals surface area contributed by atoms with Gasteiger partial charge in [-0.15, -0.1) is 0 Å². The average Bonchev–Trinajstić information content (AvgIpc) is 2.69. The topological polar surface area (TPSA) is 55.9 Å². The third-order valence-corrected chi connectivity index (χ3v) is 5.73. The standard InChI is InChI=1S/C21H23ClN4O2/c1-15-6-2-4-8-17(15)26-20(27)14-19(23-21(26)28)25-12-10-24(11-13-25)18-9-5-3-7-16(18)22/h2-9,19H,10-14H2,1H3,(H,23,28). The number of nitrogens with zero attached hydrogens (tertiary/aromatic N) is 3. The molecule has 2 heterocycles. The van der Waals surface area contributed by atoms with Gasteiger partial charge >= 0.3 is 6.03 Å². The largest absolute Gasteiger partial charge is 0.368 e. The zero-order valence-electron chi connectivity index (χ0n) is 15.8. The van der Waals surface area contributed by atoms with Crippen LogP contribution in [0.4, 0.5) is 16.2 Å². The summed E-state index contributed by atoms with van der Waals surface area (Å²) in [5, 5.41) is 3.75. The molecule has 0 aromatic heterocycles. The molecule has 1 N–H and O–H groups in total. The quantitative estimate of drug-likeness (QED) is 0.862. The molecule has 2 aliphatic rings. The van der Waals surface area contributed by atoms with Crippen molar-refractivity contribution in [3.8, 4) is 0 Å². The number of imide groups is 1. The zero-order chi connectivity index (χ0) is 19.7. The van der Waals surface area contributed by atoms with Crippen LogP contribution >= 0.6 is 11.6 Å².